The van der Waals surface area contributed by atoms with Gasteiger partial charge in [0.15, 0.2) is 28.8 Å². The lowest BCUT2D eigenvalue weighted by atomic mass is 9.70. The Morgan fingerprint density at radius 2 is 1.68 bits per heavy atom. The maximum Gasteiger partial charge on any atom is 0.231 e. The van der Waals surface area contributed by atoms with Crippen LogP contribution in [0.25, 0.3) is 0 Å². The zero-order valence-electron chi connectivity index (χ0n) is 18.4. The molecule has 0 saturated heterocycles. The molecule has 0 unspecified atom stereocenters. The first kappa shape index (κ1) is 19.9. The summed E-state index contributed by atoms with van der Waals surface area (Å²) in [7, 11) is 0. The standard InChI is InChI=1S/C27H23NO6/c29-20-8-16-9-23-24(33-13-32-23)10-18(16)26-25(20)17-6-7-22-27(34-14-31-22)19(17)11-28(26)12-21(30)15-4-2-1-3-5-15/h1-7,9-10,20,25-26,29H,8,11-14H2/t20-,25-,26+/m0/s1. The minimum absolute atomic E-state index is 0.0369. The molecule has 7 nitrogen and oxygen atoms in total. The first-order valence-electron chi connectivity index (χ1n) is 11.5. The number of Topliss-reactive ketones (excluding diaryl/α,β-unsaturated/α-hetero) is 1. The van der Waals surface area contributed by atoms with Crippen molar-refractivity contribution in [1.29, 1.82) is 0 Å². The second-order valence-corrected chi connectivity index (χ2v) is 9.21. The number of aliphatic hydroxyl groups excluding tert-OH is 1. The van der Waals surface area contributed by atoms with Gasteiger partial charge in [0.1, 0.15) is 0 Å². The number of carbonyl (C=O) groups excluding carboxylic acids is 1. The van der Waals surface area contributed by atoms with Crippen LogP contribution in [0.15, 0.2) is 54.6 Å². The summed E-state index contributed by atoms with van der Waals surface area (Å²) in [6.45, 7) is 1.10. The second-order valence-electron chi connectivity index (χ2n) is 9.21. The predicted molar refractivity (Wildman–Crippen MR) is 122 cm³/mol. The normalized spacial score (nSPS) is 23.7. The Morgan fingerprint density at radius 3 is 2.53 bits per heavy atom. The van der Waals surface area contributed by atoms with E-state index in [1.54, 1.807) is 0 Å². The summed E-state index contributed by atoms with van der Waals surface area (Å²) in [6, 6.07) is 17.1. The number of fused-ring (bicyclic) bond motifs is 8. The summed E-state index contributed by atoms with van der Waals surface area (Å²) >= 11 is 0. The highest BCUT2D eigenvalue weighted by molar-refractivity contribution is 5.97. The Hall–Kier alpha value is -3.55. The van der Waals surface area contributed by atoms with Gasteiger partial charge in [0.05, 0.1) is 12.6 Å². The molecule has 1 N–H and O–H groups in total. The third-order valence-electron chi connectivity index (χ3n) is 7.37. The van der Waals surface area contributed by atoms with Crippen LogP contribution in [0.3, 0.4) is 0 Å². The van der Waals surface area contributed by atoms with Crippen molar-refractivity contribution in [3.8, 4) is 23.0 Å². The summed E-state index contributed by atoms with van der Waals surface area (Å²) in [5.41, 5.74) is 4.81. The van der Waals surface area contributed by atoms with Crippen LogP contribution < -0.4 is 18.9 Å². The van der Waals surface area contributed by atoms with Gasteiger partial charge in [-0.15, -0.1) is 0 Å². The maximum atomic E-state index is 13.3. The van der Waals surface area contributed by atoms with E-state index in [2.05, 4.69) is 4.90 Å². The van der Waals surface area contributed by atoms with Crippen LogP contribution in [0.2, 0.25) is 0 Å². The molecule has 0 fully saturated rings. The highest BCUT2D eigenvalue weighted by atomic mass is 16.7. The van der Waals surface area contributed by atoms with E-state index >= 15 is 0 Å². The van der Waals surface area contributed by atoms with Crippen LogP contribution in [0.4, 0.5) is 0 Å². The Labute approximate surface area is 196 Å². The fourth-order valence-electron chi connectivity index (χ4n) is 5.89. The van der Waals surface area contributed by atoms with Crippen molar-refractivity contribution in [2.24, 2.45) is 0 Å². The summed E-state index contributed by atoms with van der Waals surface area (Å²) < 4.78 is 22.7. The summed E-state index contributed by atoms with van der Waals surface area (Å²) in [5, 5.41) is 11.4. The van der Waals surface area contributed by atoms with Crippen molar-refractivity contribution < 1.29 is 28.8 Å². The van der Waals surface area contributed by atoms with Gasteiger partial charge in [-0.05, 0) is 41.3 Å². The fraction of sp³-hybridized carbons (Fsp3) is 0.296. The number of aliphatic hydroxyl groups is 1. The van der Waals surface area contributed by atoms with E-state index in [0.29, 0.717) is 35.8 Å². The number of hydrogen-bond acceptors (Lipinski definition) is 7. The van der Waals surface area contributed by atoms with Crippen molar-refractivity contribution in [2.75, 3.05) is 20.1 Å². The maximum absolute atomic E-state index is 13.3. The lowest BCUT2D eigenvalue weighted by molar-refractivity contribution is 0.0434. The van der Waals surface area contributed by atoms with Crippen molar-refractivity contribution >= 4 is 5.78 Å². The fourth-order valence-corrected chi connectivity index (χ4v) is 5.89. The predicted octanol–water partition coefficient (Wildman–Crippen LogP) is 3.58. The summed E-state index contributed by atoms with van der Waals surface area (Å²) in [6.07, 6.45) is -0.117. The highest BCUT2D eigenvalue weighted by Gasteiger charge is 2.46. The van der Waals surface area contributed by atoms with Gasteiger partial charge in [-0.2, -0.15) is 0 Å². The molecule has 3 aromatic rings. The molecule has 0 saturated carbocycles. The summed E-state index contributed by atoms with van der Waals surface area (Å²) in [4.78, 5) is 15.5. The van der Waals surface area contributed by atoms with Crippen molar-refractivity contribution in [2.45, 2.75) is 31.0 Å². The lowest BCUT2D eigenvalue weighted by Gasteiger charge is -2.47. The number of hydrogen-bond donors (Lipinski definition) is 1. The highest BCUT2D eigenvalue weighted by Crippen LogP contribution is 2.54. The molecule has 0 aromatic heterocycles. The molecule has 7 rings (SSSR count). The molecular formula is C27H23NO6. The molecule has 0 bridgehead atoms. The molecular weight excluding hydrogens is 434 g/mol. The molecule has 7 heteroatoms. The van der Waals surface area contributed by atoms with E-state index in [1.807, 2.05) is 54.6 Å². The van der Waals surface area contributed by atoms with Crippen LogP contribution in [0.1, 0.15) is 44.6 Å². The first-order chi connectivity index (χ1) is 16.7. The van der Waals surface area contributed by atoms with Gasteiger partial charge < -0.3 is 24.1 Å². The van der Waals surface area contributed by atoms with Crippen LogP contribution in [0, 0.1) is 0 Å². The van der Waals surface area contributed by atoms with Crippen LogP contribution >= 0.6 is 0 Å². The molecule has 0 radical (unpaired) electrons. The number of carbonyl (C=O) groups is 1. The van der Waals surface area contributed by atoms with E-state index in [-0.39, 0.29) is 37.9 Å². The van der Waals surface area contributed by atoms with Gasteiger partial charge in [0.25, 0.3) is 0 Å². The number of ketones is 1. The SMILES string of the molecule is O=C(CN1Cc2c(ccc3c2OCO3)[C@@H]2[C@H]1c1cc3c(cc1C[C@@H]2O)OCO3)c1ccccc1. The van der Waals surface area contributed by atoms with E-state index in [4.69, 9.17) is 18.9 Å². The number of benzene rings is 3. The van der Waals surface area contributed by atoms with Crippen LogP contribution in [-0.2, 0) is 13.0 Å². The largest absolute Gasteiger partial charge is 0.454 e. The van der Waals surface area contributed by atoms with Crippen molar-refractivity contribution in [3.63, 3.8) is 0 Å². The average Bonchev–Trinajstić information content (AvgIpc) is 3.52. The van der Waals surface area contributed by atoms with E-state index in [9.17, 15) is 9.90 Å². The molecule has 34 heavy (non-hydrogen) atoms. The third kappa shape index (κ3) is 2.94. The Kier molecular flexibility index (Phi) is 4.37. The molecule has 3 heterocycles. The Balaban J connectivity index is 1.37. The second kappa shape index (κ2) is 7.48. The van der Waals surface area contributed by atoms with Gasteiger partial charge in [-0.3, -0.25) is 9.69 Å². The smallest absolute Gasteiger partial charge is 0.231 e. The van der Waals surface area contributed by atoms with Crippen molar-refractivity contribution in [3.05, 3.63) is 82.4 Å². The molecule has 0 spiro atoms. The molecule has 3 aliphatic heterocycles. The van der Waals surface area contributed by atoms with E-state index in [0.717, 1.165) is 28.0 Å². The minimum Gasteiger partial charge on any atom is -0.454 e. The Bertz CT molecular complexity index is 1310. The van der Waals surface area contributed by atoms with Gasteiger partial charge >= 0.3 is 0 Å². The lowest BCUT2D eigenvalue weighted by Crippen LogP contribution is -2.46. The third-order valence-corrected chi connectivity index (χ3v) is 7.37. The van der Waals surface area contributed by atoms with Gasteiger partial charge in [-0.25, -0.2) is 0 Å². The Morgan fingerprint density at radius 1 is 0.912 bits per heavy atom. The average molecular weight is 457 g/mol. The topological polar surface area (TPSA) is 77.5 Å². The zero-order valence-corrected chi connectivity index (χ0v) is 18.4. The molecule has 3 atom stereocenters. The number of ether oxygens (including phenoxy) is 4. The van der Waals surface area contributed by atoms with Gasteiger partial charge in [0.2, 0.25) is 13.6 Å². The molecule has 4 aliphatic rings. The first-order valence-corrected chi connectivity index (χ1v) is 11.5. The van der Waals surface area contributed by atoms with Crippen molar-refractivity contribution in [1.82, 2.24) is 4.90 Å². The van der Waals surface area contributed by atoms with Gasteiger partial charge in [-0.1, -0.05) is 36.4 Å². The number of rotatable bonds is 3. The molecule has 0 amide bonds. The zero-order chi connectivity index (χ0) is 22.8. The molecule has 1 aliphatic carbocycles. The van der Waals surface area contributed by atoms with Gasteiger partial charge in [0, 0.05) is 29.6 Å². The van der Waals surface area contributed by atoms with E-state index < -0.39 is 6.10 Å². The monoisotopic (exact) mass is 457 g/mol. The van der Waals surface area contributed by atoms with Crippen LogP contribution in [-0.4, -0.2) is 42.0 Å². The quantitative estimate of drug-likeness (QED) is 0.603. The number of nitrogens with zero attached hydrogens (tertiary/aromatic N) is 1. The molecule has 172 valence electrons. The van der Waals surface area contributed by atoms with E-state index in [1.165, 1.54) is 0 Å². The molecule has 3 aromatic carbocycles. The summed E-state index contributed by atoms with van der Waals surface area (Å²) in [5.74, 6) is 2.66. The minimum atomic E-state index is -0.619. The van der Waals surface area contributed by atoms with Crippen LogP contribution in [0.5, 0.6) is 23.0 Å².